The van der Waals surface area contributed by atoms with Gasteiger partial charge in [0, 0.05) is 24.8 Å². The summed E-state index contributed by atoms with van der Waals surface area (Å²) < 4.78 is 17.5. The molecule has 0 spiro atoms. The van der Waals surface area contributed by atoms with E-state index in [1.807, 2.05) is 0 Å². The average molecular weight is 213 g/mol. The Morgan fingerprint density at radius 2 is 2.12 bits per heavy atom. The van der Waals surface area contributed by atoms with Crippen LogP contribution in [0.2, 0.25) is 0 Å². The molecule has 3 rings (SSSR count). The van der Waals surface area contributed by atoms with Crippen molar-refractivity contribution in [3.8, 4) is 0 Å². The van der Waals surface area contributed by atoms with E-state index in [2.05, 4.69) is 20.1 Å². The quantitative estimate of drug-likeness (QED) is 0.643. The molecule has 3 aromatic heterocycles. The molecule has 0 radical (unpaired) electrons. The molecule has 0 aromatic carbocycles. The lowest BCUT2D eigenvalue weighted by Gasteiger charge is -2.01. The van der Waals surface area contributed by atoms with Crippen LogP contribution >= 0.6 is 0 Å². The second-order valence-electron chi connectivity index (χ2n) is 3.18. The molecule has 0 unspecified atom stereocenters. The molecule has 5 heteroatoms. The predicted molar refractivity (Wildman–Crippen MR) is 58.7 cm³/mol. The van der Waals surface area contributed by atoms with Crippen LogP contribution in [0.15, 0.2) is 43.1 Å². The van der Waals surface area contributed by atoms with Crippen LogP contribution in [0.5, 0.6) is 0 Å². The van der Waals surface area contributed by atoms with Crippen LogP contribution in [0.25, 0.3) is 11.2 Å². The molecule has 16 heavy (non-hydrogen) atoms. The number of hydrogen-bond acceptors (Lipinski definition) is 4. The van der Waals surface area contributed by atoms with E-state index in [4.69, 9.17) is 2.74 Å². The summed E-state index contributed by atoms with van der Waals surface area (Å²) >= 11 is 0. The summed E-state index contributed by atoms with van der Waals surface area (Å²) in [4.78, 5) is 12.1. The first-order valence-corrected chi connectivity index (χ1v) is 4.75. The number of rotatable bonds is 2. The first kappa shape index (κ1) is 7.05. The second kappa shape index (κ2) is 3.69. The first-order chi connectivity index (χ1) is 8.69. The zero-order chi connectivity index (χ0) is 12.6. The minimum Gasteiger partial charge on any atom is -0.264 e. The van der Waals surface area contributed by atoms with Gasteiger partial charge in [0.2, 0.25) is 0 Å². The van der Waals surface area contributed by atoms with Crippen molar-refractivity contribution in [3.05, 3.63) is 48.7 Å². The standard InChI is InChI=1S/C11H9N5/c1-2-9(6-12-3-1)8-16-11-10(7-15-16)13-4-5-14-11/h1-7H,8H2/i8D2. The summed E-state index contributed by atoms with van der Waals surface area (Å²) in [6.45, 7) is -1.81. The van der Waals surface area contributed by atoms with Gasteiger partial charge in [-0.3, -0.25) is 4.98 Å². The molecule has 0 N–H and O–H groups in total. The Morgan fingerprint density at radius 3 is 3.00 bits per heavy atom. The zero-order valence-electron chi connectivity index (χ0n) is 10.3. The van der Waals surface area contributed by atoms with Crippen LogP contribution in [-0.4, -0.2) is 24.7 Å². The maximum absolute atomic E-state index is 8.17. The van der Waals surface area contributed by atoms with Crippen molar-refractivity contribution in [1.29, 1.82) is 0 Å². The van der Waals surface area contributed by atoms with Gasteiger partial charge in [-0.05, 0) is 11.6 Å². The lowest BCUT2D eigenvalue weighted by molar-refractivity contribution is 0.702. The van der Waals surface area contributed by atoms with E-state index >= 15 is 0 Å². The van der Waals surface area contributed by atoms with Gasteiger partial charge >= 0.3 is 0 Å². The normalized spacial score (nSPS) is 13.5. The fourth-order valence-corrected chi connectivity index (χ4v) is 1.40. The summed E-state index contributed by atoms with van der Waals surface area (Å²) in [6, 6.07) is 3.35. The van der Waals surface area contributed by atoms with Crippen molar-refractivity contribution in [2.45, 2.75) is 6.50 Å². The molecule has 0 aliphatic heterocycles. The molecule has 0 fully saturated rings. The summed E-state index contributed by atoms with van der Waals surface area (Å²) in [5.74, 6) is 0. The highest BCUT2D eigenvalue weighted by atomic mass is 15.3. The van der Waals surface area contributed by atoms with E-state index in [0.29, 0.717) is 16.7 Å². The molecule has 3 heterocycles. The highest BCUT2D eigenvalue weighted by Gasteiger charge is 2.04. The number of nitrogens with zero attached hydrogens (tertiary/aromatic N) is 5. The van der Waals surface area contributed by atoms with Crippen LogP contribution in [-0.2, 0) is 6.50 Å². The fraction of sp³-hybridized carbons (Fsp3) is 0.0909. The number of hydrogen-bond donors (Lipinski definition) is 0. The molecule has 0 bridgehead atoms. The Kier molecular flexibility index (Phi) is 1.63. The lowest BCUT2D eigenvalue weighted by atomic mass is 10.3. The molecular formula is C11H9N5. The topological polar surface area (TPSA) is 56.5 Å². The summed E-state index contributed by atoms with van der Waals surface area (Å²) in [5.41, 5.74) is 1.39. The lowest BCUT2D eigenvalue weighted by Crippen LogP contribution is -2.02. The largest absolute Gasteiger partial charge is 0.264 e. The molecule has 5 nitrogen and oxygen atoms in total. The van der Waals surface area contributed by atoms with E-state index in [1.54, 1.807) is 24.5 Å². The highest BCUT2D eigenvalue weighted by Crippen LogP contribution is 2.08. The van der Waals surface area contributed by atoms with Crippen LogP contribution < -0.4 is 0 Å². The Bertz CT molecular complexity index is 680. The summed E-state index contributed by atoms with van der Waals surface area (Å²) in [5, 5.41) is 4.03. The van der Waals surface area contributed by atoms with Crippen LogP contribution in [0.4, 0.5) is 0 Å². The van der Waals surface area contributed by atoms with Crippen molar-refractivity contribution in [2.24, 2.45) is 0 Å². The molecule has 0 atom stereocenters. The average Bonchev–Trinajstić information content (AvgIpc) is 2.84. The van der Waals surface area contributed by atoms with E-state index < -0.39 is 6.50 Å². The maximum atomic E-state index is 8.17. The Morgan fingerprint density at radius 1 is 1.19 bits per heavy atom. The van der Waals surface area contributed by atoms with Crippen molar-refractivity contribution < 1.29 is 2.74 Å². The van der Waals surface area contributed by atoms with Gasteiger partial charge in [0.05, 0.1) is 15.4 Å². The summed E-state index contributed by atoms with van der Waals surface area (Å²) in [6.07, 6.45) is 7.63. The van der Waals surface area contributed by atoms with E-state index in [1.165, 1.54) is 23.3 Å². The molecule has 0 aliphatic carbocycles. The third-order valence-electron chi connectivity index (χ3n) is 2.10. The Labute approximate surface area is 94.6 Å². The molecule has 0 saturated carbocycles. The van der Waals surface area contributed by atoms with Crippen molar-refractivity contribution in [1.82, 2.24) is 24.7 Å². The molecule has 78 valence electrons. The van der Waals surface area contributed by atoms with Gasteiger partial charge in [-0.25, -0.2) is 14.6 Å². The molecule has 0 saturated heterocycles. The van der Waals surface area contributed by atoms with Crippen molar-refractivity contribution in [3.63, 3.8) is 0 Å². The van der Waals surface area contributed by atoms with Gasteiger partial charge in [0.1, 0.15) is 5.52 Å². The van der Waals surface area contributed by atoms with Gasteiger partial charge in [0.25, 0.3) is 0 Å². The minimum absolute atomic E-state index is 0.409. The molecular weight excluding hydrogens is 202 g/mol. The Hall–Kier alpha value is -2.30. The number of aromatic nitrogens is 5. The molecule has 3 aromatic rings. The van der Waals surface area contributed by atoms with Crippen molar-refractivity contribution in [2.75, 3.05) is 0 Å². The fourth-order valence-electron chi connectivity index (χ4n) is 1.40. The van der Waals surface area contributed by atoms with Gasteiger partial charge in [-0.1, -0.05) is 6.07 Å². The predicted octanol–water partition coefficient (Wildman–Crippen LogP) is 1.27. The molecule has 0 amide bonds. The van der Waals surface area contributed by atoms with Gasteiger partial charge in [-0.15, -0.1) is 0 Å². The van der Waals surface area contributed by atoms with Crippen LogP contribution in [0.1, 0.15) is 8.30 Å². The molecule has 0 aliphatic rings. The van der Waals surface area contributed by atoms with Crippen molar-refractivity contribution >= 4 is 11.2 Å². The Balaban J connectivity index is 2.20. The smallest absolute Gasteiger partial charge is 0.177 e. The zero-order valence-corrected chi connectivity index (χ0v) is 8.28. The minimum atomic E-state index is -1.81. The summed E-state index contributed by atoms with van der Waals surface area (Å²) in [7, 11) is 0. The highest BCUT2D eigenvalue weighted by molar-refractivity contribution is 5.68. The van der Waals surface area contributed by atoms with E-state index in [-0.39, 0.29) is 0 Å². The van der Waals surface area contributed by atoms with Gasteiger partial charge in [-0.2, -0.15) is 5.10 Å². The third-order valence-corrected chi connectivity index (χ3v) is 2.10. The monoisotopic (exact) mass is 213 g/mol. The van der Waals surface area contributed by atoms with E-state index in [9.17, 15) is 0 Å². The number of pyridine rings is 1. The van der Waals surface area contributed by atoms with Crippen LogP contribution in [0, 0.1) is 0 Å². The SMILES string of the molecule is [2H]C([2H])(c1cccnc1)n1ncc2nccnc21. The van der Waals surface area contributed by atoms with Gasteiger partial charge in [0.15, 0.2) is 5.65 Å². The van der Waals surface area contributed by atoms with Gasteiger partial charge < -0.3 is 0 Å². The van der Waals surface area contributed by atoms with E-state index in [0.717, 1.165) is 0 Å². The van der Waals surface area contributed by atoms with Crippen LogP contribution in [0.3, 0.4) is 0 Å². The first-order valence-electron chi connectivity index (χ1n) is 5.75. The number of fused-ring (bicyclic) bond motifs is 1. The second-order valence-corrected chi connectivity index (χ2v) is 3.18. The maximum Gasteiger partial charge on any atom is 0.177 e. The third kappa shape index (κ3) is 1.52.